The molecule has 0 fully saturated rings. The number of hydrogen-bond acceptors (Lipinski definition) is 2. The maximum Gasteiger partial charge on any atom is 0.470 e. The molecular weight excluding hydrogens is 179 g/mol. The summed E-state index contributed by atoms with van der Waals surface area (Å²) in [6, 6.07) is 0. The summed E-state index contributed by atoms with van der Waals surface area (Å²) >= 11 is 0. The summed E-state index contributed by atoms with van der Waals surface area (Å²) in [7, 11) is -4.45. The molecule has 0 aromatic carbocycles. The topological polar surface area (TPSA) is 66.8 Å². The molecule has 0 saturated heterocycles. The van der Waals surface area contributed by atoms with Gasteiger partial charge in [0.25, 0.3) is 0 Å². The van der Waals surface area contributed by atoms with Crippen LogP contribution in [-0.4, -0.2) is 15.4 Å². The Kier molecular flexibility index (Phi) is 3.87. The molecular formula is C7H13O4P. The minimum absolute atomic E-state index is 0.307. The molecule has 0 aromatic rings. The average Bonchev–Trinajstić information content (AvgIpc) is 1.84. The van der Waals surface area contributed by atoms with Crippen LogP contribution in [0, 0.1) is 0 Å². The van der Waals surface area contributed by atoms with Crippen molar-refractivity contribution in [3.05, 3.63) is 25.3 Å². The van der Waals surface area contributed by atoms with E-state index in [1.165, 1.54) is 19.1 Å². The van der Waals surface area contributed by atoms with Gasteiger partial charge in [-0.1, -0.05) is 12.2 Å². The van der Waals surface area contributed by atoms with Gasteiger partial charge in [0.2, 0.25) is 0 Å². The van der Waals surface area contributed by atoms with Crippen molar-refractivity contribution in [2.24, 2.45) is 0 Å². The molecule has 2 N–H and O–H groups in total. The third kappa shape index (κ3) is 4.46. The molecule has 0 rings (SSSR count). The molecule has 4 nitrogen and oxygen atoms in total. The quantitative estimate of drug-likeness (QED) is 0.513. The van der Waals surface area contributed by atoms with Crippen molar-refractivity contribution in [3.63, 3.8) is 0 Å². The molecule has 0 aliphatic carbocycles. The number of phosphoric ester groups is 1. The highest BCUT2D eigenvalue weighted by Gasteiger charge is 2.29. The maximum absolute atomic E-state index is 10.5. The van der Waals surface area contributed by atoms with Crippen LogP contribution in [0.15, 0.2) is 25.3 Å². The predicted octanol–water partition coefficient (Wildman–Crippen LogP) is 1.62. The van der Waals surface area contributed by atoms with E-state index in [2.05, 4.69) is 17.7 Å². The maximum atomic E-state index is 10.5. The van der Waals surface area contributed by atoms with Gasteiger partial charge in [-0.2, -0.15) is 0 Å². The van der Waals surface area contributed by atoms with Gasteiger partial charge in [-0.3, -0.25) is 4.52 Å². The molecule has 0 bridgehead atoms. The predicted molar refractivity (Wildman–Crippen MR) is 46.5 cm³/mol. The van der Waals surface area contributed by atoms with E-state index in [0.717, 1.165) is 0 Å². The van der Waals surface area contributed by atoms with Crippen LogP contribution < -0.4 is 0 Å². The van der Waals surface area contributed by atoms with Gasteiger partial charge in [0.15, 0.2) is 0 Å². The Hall–Kier alpha value is -0.410. The summed E-state index contributed by atoms with van der Waals surface area (Å²) in [6.45, 7) is 8.39. The summed E-state index contributed by atoms with van der Waals surface area (Å²) in [4.78, 5) is 17.0. The third-order valence-electron chi connectivity index (χ3n) is 1.31. The van der Waals surface area contributed by atoms with E-state index in [1.54, 1.807) is 0 Å². The molecule has 0 aromatic heterocycles. The van der Waals surface area contributed by atoms with Gasteiger partial charge in [0.1, 0.15) is 0 Å². The molecule has 0 radical (unpaired) electrons. The molecule has 0 aliphatic rings. The Bertz CT molecular complexity index is 219. The first-order chi connectivity index (χ1) is 5.33. The Balaban J connectivity index is 4.44. The standard InChI is InChI=1S/C7H13O4P/c1-4-6-7(3,5-2)11-12(8,9)10/h4-5H,1-2,6H2,3H3,(H2,8,9,10). The Morgan fingerprint density at radius 3 is 2.33 bits per heavy atom. The molecule has 0 saturated carbocycles. The summed E-state index contributed by atoms with van der Waals surface area (Å²) in [5.41, 5.74) is -1.04. The van der Waals surface area contributed by atoms with E-state index in [1.807, 2.05) is 0 Å². The van der Waals surface area contributed by atoms with Crippen LogP contribution >= 0.6 is 7.82 Å². The zero-order valence-corrected chi connectivity index (χ0v) is 7.83. The summed E-state index contributed by atoms with van der Waals surface area (Å²) in [5.74, 6) is 0. The largest absolute Gasteiger partial charge is 0.470 e. The highest BCUT2D eigenvalue weighted by Crippen LogP contribution is 2.42. The molecule has 5 heteroatoms. The first-order valence-corrected chi connectivity index (χ1v) is 4.87. The fraction of sp³-hybridized carbons (Fsp3) is 0.429. The minimum atomic E-state index is -4.45. The Labute approximate surface area is 71.8 Å². The van der Waals surface area contributed by atoms with Crippen molar-refractivity contribution < 1.29 is 18.9 Å². The summed E-state index contributed by atoms with van der Waals surface area (Å²) < 4.78 is 15.0. The van der Waals surface area contributed by atoms with Gasteiger partial charge in [0, 0.05) is 0 Å². The Morgan fingerprint density at radius 1 is 1.58 bits per heavy atom. The first-order valence-electron chi connectivity index (χ1n) is 3.34. The highest BCUT2D eigenvalue weighted by atomic mass is 31.2. The lowest BCUT2D eigenvalue weighted by atomic mass is 10.0. The molecule has 12 heavy (non-hydrogen) atoms. The first kappa shape index (κ1) is 11.6. The van der Waals surface area contributed by atoms with Gasteiger partial charge >= 0.3 is 7.82 Å². The van der Waals surface area contributed by atoms with E-state index in [0.29, 0.717) is 6.42 Å². The highest BCUT2D eigenvalue weighted by molar-refractivity contribution is 7.46. The third-order valence-corrected chi connectivity index (χ3v) is 1.96. The second-order valence-electron chi connectivity index (χ2n) is 2.59. The van der Waals surface area contributed by atoms with E-state index in [-0.39, 0.29) is 0 Å². The zero-order chi connectivity index (χ0) is 9.83. The smallest absolute Gasteiger partial charge is 0.303 e. The van der Waals surface area contributed by atoms with Gasteiger partial charge in [-0.05, 0) is 13.3 Å². The van der Waals surface area contributed by atoms with E-state index >= 15 is 0 Å². The molecule has 0 heterocycles. The van der Waals surface area contributed by atoms with Crippen molar-refractivity contribution >= 4 is 7.82 Å². The normalized spacial score (nSPS) is 16.6. The summed E-state index contributed by atoms with van der Waals surface area (Å²) in [6.07, 6.45) is 3.16. The van der Waals surface area contributed by atoms with E-state index in [9.17, 15) is 4.57 Å². The monoisotopic (exact) mass is 192 g/mol. The molecule has 1 unspecified atom stereocenters. The zero-order valence-electron chi connectivity index (χ0n) is 6.93. The molecule has 0 amide bonds. The van der Waals surface area contributed by atoms with Gasteiger partial charge in [-0.25, -0.2) is 4.57 Å². The average molecular weight is 192 g/mol. The van der Waals surface area contributed by atoms with Crippen LogP contribution in [0.4, 0.5) is 0 Å². The number of phosphoric acid groups is 1. The van der Waals surface area contributed by atoms with Gasteiger partial charge in [-0.15, -0.1) is 13.2 Å². The fourth-order valence-corrected chi connectivity index (χ4v) is 1.41. The lowest BCUT2D eigenvalue weighted by molar-refractivity contribution is 0.0913. The van der Waals surface area contributed by atoms with Crippen molar-refractivity contribution in [3.8, 4) is 0 Å². The number of hydrogen-bond donors (Lipinski definition) is 2. The lowest BCUT2D eigenvalue weighted by Crippen LogP contribution is -2.23. The van der Waals surface area contributed by atoms with Crippen molar-refractivity contribution in [1.29, 1.82) is 0 Å². The van der Waals surface area contributed by atoms with E-state index < -0.39 is 13.4 Å². The second kappa shape index (κ2) is 4.01. The van der Waals surface area contributed by atoms with Crippen molar-refractivity contribution in [2.75, 3.05) is 0 Å². The van der Waals surface area contributed by atoms with Crippen LogP contribution in [0.3, 0.4) is 0 Å². The van der Waals surface area contributed by atoms with Gasteiger partial charge in [0.05, 0.1) is 5.60 Å². The molecule has 0 aliphatic heterocycles. The minimum Gasteiger partial charge on any atom is -0.303 e. The van der Waals surface area contributed by atoms with E-state index in [4.69, 9.17) is 9.79 Å². The van der Waals surface area contributed by atoms with Crippen LogP contribution in [-0.2, 0) is 9.09 Å². The second-order valence-corrected chi connectivity index (χ2v) is 3.76. The van der Waals surface area contributed by atoms with Crippen LogP contribution in [0.5, 0.6) is 0 Å². The molecule has 70 valence electrons. The fourth-order valence-electron chi connectivity index (χ4n) is 0.716. The van der Waals surface area contributed by atoms with Crippen LogP contribution in [0.2, 0.25) is 0 Å². The molecule has 0 spiro atoms. The summed E-state index contributed by atoms with van der Waals surface area (Å²) in [5, 5.41) is 0. The van der Waals surface area contributed by atoms with Crippen LogP contribution in [0.1, 0.15) is 13.3 Å². The Morgan fingerprint density at radius 2 is 2.08 bits per heavy atom. The van der Waals surface area contributed by atoms with Crippen molar-refractivity contribution in [2.45, 2.75) is 18.9 Å². The van der Waals surface area contributed by atoms with Crippen molar-refractivity contribution in [1.82, 2.24) is 0 Å². The number of rotatable bonds is 5. The molecule has 1 atom stereocenters. The van der Waals surface area contributed by atoms with Crippen LogP contribution in [0.25, 0.3) is 0 Å². The van der Waals surface area contributed by atoms with Gasteiger partial charge < -0.3 is 9.79 Å². The SMILES string of the molecule is C=CCC(C)(C=C)OP(=O)(O)O. The lowest BCUT2D eigenvalue weighted by Gasteiger charge is -2.24.